The Labute approximate surface area is 91.9 Å². The lowest BCUT2D eigenvalue weighted by molar-refractivity contribution is 0.793. The molecule has 0 amide bonds. The Morgan fingerprint density at radius 2 is 2.12 bits per heavy atom. The highest BCUT2D eigenvalue weighted by molar-refractivity contribution is 5.76. The van der Waals surface area contributed by atoms with Gasteiger partial charge in [-0.3, -0.25) is 0 Å². The van der Waals surface area contributed by atoms with Crippen LogP contribution in [0.1, 0.15) is 18.9 Å². The first kappa shape index (κ1) is 9.22. The fourth-order valence-electron chi connectivity index (χ4n) is 2.36. The van der Waals surface area contributed by atoms with Crippen LogP contribution in [-0.4, -0.2) is 9.97 Å². The number of nitrogens with zero attached hydrogens (tertiary/aromatic N) is 1. The zero-order chi connectivity index (χ0) is 11.3. The maximum atomic E-state index is 11.1. The monoisotopic (exact) mass is 213 g/mol. The van der Waals surface area contributed by atoms with Crippen molar-refractivity contribution < 1.29 is 0 Å². The number of hydrogen-bond acceptors (Lipinski definition) is 2. The van der Waals surface area contributed by atoms with Crippen molar-refractivity contribution in [1.82, 2.24) is 9.97 Å². The molecule has 0 radical (unpaired) electrons. The summed E-state index contributed by atoms with van der Waals surface area (Å²) in [5.41, 5.74) is 2.03. The number of rotatable bonds is 1. The third-order valence-electron chi connectivity index (χ3n) is 3.54. The van der Waals surface area contributed by atoms with E-state index in [9.17, 15) is 10.1 Å². The van der Waals surface area contributed by atoms with Crippen molar-refractivity contribution in [2.75, 3.05) is 0 Å². The average Bonchev–Trinajstić information content (AvgIpc) is 2.79. The van der Waals surface area contributed by atoms with E-state index >= 15 is 0 Å². The van der Waals surface area contributed by atoms with Crippen molar-refractivity contribution in [3.63, 3.8) is 0 Å². The van der Waals surface area contributed by atoms with Gasteiger partial charge in [0.2, 0.25) is 0 Å². The number of hydrogen-bond donors (Lipinski definition) is 2. The third kappa shape index (κ3) is 1.06. The first-order valence-electron chi connectivity index (χ1n) is 5.29. The van der Waals surface area contributed by atoms with Crippen LogP contribution in [0.4, 0.5) is 0 Å². The minimum Gasteiger partial charge on any atom is -0.306 e. The molecule has 1 fully saturated rings. The van der Waals surface area contributed by atoms with E-state index in [2.05, 4.69) is 23.0 Å². The maximum Gasteiger partial charge on any atom is 0.323 e. The van der Waals surface area contributed by atoms with Gasteiger partial charge in [-0.25, -0.2) is 4.79 Å². The van der Waals surface area contributed by atoms with E-state index in [0.29, 0.717) is 5.92 Å². The van der Waals surface area contributed by atoms with Gasteiger partial charge >= 0.3 is 5.69 Å². The minimum absolute atomic E-state index is 0.206. The lowest BCUT2D eigenvalue weighted by atomic mass is 9.95. The summed E-state index contributed by atoms with van der Waals surface area (Å²) in [6.07, 6.45) is 0.906. The first-order chi connectivity index (χ1) is 7.65. The van der Waals surface area contributed by atoms with E-state index in [0.717, 1.165) is 23.0 Å². The molecule has 1 aliphatic rings. The van der Waals surface area contributed by atoms with Gasteiger partial charge in [0.1, 0.15) is 0 Å². The summed E-state index contributed by atoms with van der Waals surface area (Å²) in [5.74, 6) is 0.403. The van der Waals surface area contributed by atoms with Gasteiger partial charge < -0.3 is 9.97 Å². The fourth-order valence-corrected chi connectivity index (χ4v) is 2.36. The fraction of sp³-hybridized carbons (Fsp3) is 0.333. The molecule has 0 bridgehead atoms. The number of imidazole rings is 1. The molecule has 1 aromatic carbocycles. The van der Waals surface area contributed by atoms with Crippen LogP contribution in [0.15, 0.2) is 23.0 Å². The number of nitriles is 1. The van der Waals surface area contributed by atoms with Gasteiger partial charge in [-0.05, 0) is 30.0 Å². The molecule has 16 heavy (non-hydrogen) atoms. The molecular weight excluding hydrogens is 202 g/mol. The molecule has 2 atom stereocenters. The lowest BCUT2D eigenvalue weighted by Gasteiger charge is -2.06. The smallest absolute Gasteiger partial charge is 0.306 e. The summed E-state index contributed by atoms with van der Waals surface area (Å²) in [7, 11) is 0. The molecule has 2 unspecified atom stereocenters. The van der Waals surface area contributed by atoms with Crippen LogP contribution in [0.25, 0.3) is 11.0 Å². The topological polar surface area (TPSA) is 72.4 Å². The molecule has 1 aliphatic carbocycles. The van der Waals surface area contributed by atoms with Gasteiger partial charge in [0.05, 0.1) is 22.5 Å². The molecule has 0 aliphatic heterocycles. The Bertz CT molecular complexity index is 661. The number of benzene rings is 1. The third-order valence-corrected chi connectivity index (χ3v) is 3.54. The first-order valence-corrected chi connectivity index (χ1v) is 5.29. The van der Waals surface area contributed by atoms with E-state index in [-0.39, 0.29) is 11.1 Å². The summed E-state index contributed by atoms with van der Waals surface area (Å²) in [6.45, 7) is 2.08. The normalized spacial score (nSPS) is 27.9. The maximum absolute atomic E-state index is 11.1. The second-order valence-corrected chi connectivity index (χ2v) is 4.53. The van der Waals surface area contributed by atoms with E-state index in [4.69, 9.17) is 0 Å². The van der Waals surface area contributed by atoms with Gasteiger partial charge in [-0.15, -0.1) is 0 Å². The molecular formula is C12H11N3O. The molecule has 3 rings (SSSR count). The molecule has 0 spiro atoms. The van der Waals surface area contributed by atoms with Crippen LogP contribution in [0.2, 0.25) is 0 Å². The van der Waals surface area contributed by atoms with Crippen LogP contribution in [0.5, 0.6) is 0 Å². The number of H-pyrrole nitrogens is 2. The highest BCUT2D eigenvalue weighted by Crippen LogP contribution is 2.53. The quantitative estimate of drug-likeness (QED) is 0.756. The number of aromatic amines is 2. The summed E-state index contributed by atoms with van der Waals surface area (Å²) in [4.78, 5) is 16.5. The second-order valence-electron chi connectivity index (χ2n) is 4.53. The van der Waals surface area contributed by atoms with Crippen molar-refractivity contribution in [2.45, 2.75) is 18.8 Å². The molecule has 1 aromatic heterocycles. The SMILES string of the molecule is CC1CC1(C#N)c1ccc2[nH]c(=O)[nH]c2c1. The molecule has 1 heterocycles. The predicted molar refractivity (Wildman–Crippen MR) is 60.0 cm³/mol. The summed E-state index contributed by atoms with van der Waals surface area (Å²) in [5, 5.41) is 9.23. The number of fused-ring (bicyclic) bond motifs is 1. The van der Waals surface area contributed by atoms with Crippen LogP contribution < -0.4 is 5.69 Å². The van der Waals surface area contributed by atoms with E-state index < -0.39 is 0 Å². The summed E-state index contributed by atoms with van der Waals surface area (Å²) < 4.78 is 0. The van der Waals surface area contributed by atoms with Crippen LogP contribution in [-0.2, 0) is 5.41 Å². The molecule has 1 saturated carbocycles. The zero-order valence-corrected chi connectivity index (χ0v) is 8.87. The standard InChI is InChI=1S/C12H11N3O/c1-7-5-12(7,6-13)8-2-3-9-10(4-8)15-11(16)14-9/h2-4,7H,5H2,1H3,(H2,14,15,16). The Balaban J connectivity index is 2.20. The highest BCUT2D eigenvalue weighted by Gasteiger charge is 2.53. The molecule has 4 nitrogen and oxygen atoms in total. The van der Waals surface area contributed by atoms with E-state index in [1.165, 1.54) is 0 Å². The Morgan fingerprint density at radius 1 is 1.44 bits per heavy atom. The molecule has 2 N–H and O–H groups in total. The predicted octanol–water partition coefficient (Wildman–Crippen LogP) is 1.66. The van der Waals surface area contributed by atoms with Crippen molar-refractivity contribution >= 4 is 11.0 Å². The summed E-state index contributed by atoms with van der Waals surface area (Å²) in [6, 6.07) is 8.07. The van der Waals surface area contributed by atoms with Crippen LogP contribution in [0.3, 0.4) is 0 Å². The number of aromatic nitrogens is 2. The average molecular weight is 213 g/mol. The van der Waals surface area contributed by atoms with Gasteiger partial charge in [-0.1, -0.05) is 13.0 Å². The lowest BCUT2D eigenvalue weighted by Crippen LogP contribution is -2.05. The van der Waals surface area contributed by atoms with Crippen molar-refractivity contribution in [3.8, 4) is 6.07 Å². The largest absolute Gasteiger partial charge is 0.323 e. The van der Waals surface area contributed by atoms with Gasteiger partial charge in [0.15, 0.2) is 0 Å². The molecule has 80 valence electrons. The zero-order valence-electron chi connectivity index (χ0n) is 8.87. The van der Waals surface area contributed by atoms with Gasteiger partial charge in [0, 0.05) is 0 Å². The summed E-state index contributed by atoms with van der Waals surface area (Å²) >= 11 is 0. The van der Waals surface area contributed by atoms with Crippen LogP contribution >= 0.6 is 0 Å². The van der Waals surface area contributed by atoms with Gasteiger partial charge in [0.25, 0.3) is 0 Å². The van der Waals surface area contributed by atoms with E-state index in [1.54, 1.807) is 0 Å². The highest BCUT2D eigenvalue weighted by atomic mass is 16.1. The Morgan fingerprint density at radius 3 is 2.75 bits per heavy atom. The minimum atomic E-state index is -0.331. The molecule has 2 aromatic rings. The van der Waals surface area contributed by atoms with Crippen molar-refractivity contribution in [1.29, 1.82) is 5.26 Å². The van der Waals surface area contributed by atoms with Gasteiger partial charge in [-0.2, -0.15) is 5.26 Å². The van der Waals surface area contributed by atoms with Crippen molar-refractivity contribution in [3.05, 3.63) is 34.2 Å². The molecule has 4 heteroatoms. The number of nitrogens with one attached hydrogen (secondary N) is 2. The van der Waals surface area contributed by atoms with Crippen molar-refractivity contribution in [2.24, 2.45) is 5.92 Å². The Hall–Kier alpha value is -2.02. The van der Waals surface area contributed by atoms with E-state index in [1.807, 2.05) is 18.2 Å². The van der Waals surface area contributed by atoms with Crippen LogP contribution in [0, 0.1) is 17.2 Å². The molecule has 0 saturated heterocycles. The second kappa shape index (κ2) is 2.76. The Kier molecular flexibility index (Phi) is 1.59.